The molecule has 0 bridgehead atoms. The molecular weight excluding hydrogens is 346 g/mol. The summed E-state index contributed by atoms with van der Waals surface area (Å²) in [6.07, 6.45) is 6.17. The lowest BCUT2D eigenvalue weighted by Gasteiger charge is -2.08. The summed E-state index contributed by atoms with van der Waals surface area (Å²) < 4.78 is 5.44. The van der Waals surface area contributed by atoms with Gasteiger partial charge in [-0.3, -0.25) is 9.97 Å². The Balaban J connectivity index is 1.67. The maximum Gasteiger partial charge on any atom is 0.189 e. The third kappa shape index (κ3) is 3.21. The van der Waals surface area contributed by atoms with Gasteiger partial charge in [0.1, 0.15) is 16.1 Å². The second kappa shape index (κ2) is 7.05. The molecule has 7 heteroatoms. The van der Waals surface area contributed by atoms with Crippen molar-refractivity contribution in [3.8, 4) is 17.0 Å². The van der Waals surface area contributed by atoms with E-state index < -0.39 is 0 Å². The topological polar surface area (TPSA) is 72.8 Å². The Labute approximate surface area is 155 Å². The van der Waals surface area contributed by atoms with Crippen molar-refractivity contribution in [2.24, 2.45) is 0 Å². The van der Waals surface area contributed by atoms with Crippen LogP contribution in [0.4, 0.5) is 10.8 Å². The number of thiazole rings is 1. The highest BCUT2D eigenvalue weighted by Gasteiger charge is 2.10. The van der Waals surface area contributed by atoms with E-state index in [2.05, 4.69) is 27.2 Å². The molecule has 6 nitrogen and oxygen atoms in total. The molecule has 4 heterocycles. The van der Waals surface area contributed by atoms with Crippen LogP contribution >= 0.6 is 11.3 Å². The van der Waals surface area contributed by atoms with E-state index in [1.165, 1.54) is 11.3 Å². The van der Waals surface area contributed by atoms with Gasteiger partial charge in [0.2, 0.25) is 0 Å². The van der Waals surface area contributed by atoms with E-state index in [1.54, 1.807) is 19.5 Å². The molecule has 26 heavy (non-hydrogen) atoms. The molecule has 0 spiro atoms. The average Bonchev–Trinajstić information content (AvgIpc) is 3.09. The number of nitrogens with one attached hydrogen (secondary N) is 1. The van der Waals surface area contributed by atoms with Gasteiger partial charge in [0.25, 0.3) is 0 Å². The van der Waals surface area contributed by atoms with E-state index in [0.29, 0.717) is 0 Å². The van der Waals surface area contributed by atoms with E-state index in [9.17, 15) is 0 Å². The van der Waals surface area contributed by atoms with Crippen molar-refractivity contribution in [3.05, 3.63) is 54.6 Å². The van der Waals surface area contributed by atoms with E-state index >= 15 is 0 Å². The number of fused-ring (bicyclic) bond motifs is 1. The molecule has 4 aromatic rings. The normalized spacial score (nSPS) is 10.8. The first-order valence-electron chi connectivity index (χ1n) is 8.24. The van der Waals surface area contributed by atoms with Crippen LogP contribution in [-0.4, -0.2) is 27.0 Å². The average molecular weight is 363 g/mol. The van der Waals surface area contributed by atoms with Crippen LogP contribution in [0.5, 0.6) is 5.75 Å². The minimum Gasteiger partial charge on any atom is -0.495 e. The molecule has 0 aliphatic carbocycles. The van der Waals surface area contributed by atoms with E-state index in [1.807, 2.05) is 36.5 Å². The zero-order chi connectivity index (χ0) is 17.9. The van der Waals surface area contributed by atoms with Gasteiger partial charge in [-0.1, -0.05) is 18.3 Å². The molecule has 0 fully saturated rings. The van der Waals surface area contributed by atoms with Crippen LogP contribution in [-0.2, 0) is 6.42 Å². The molecule has 0 amide bonds. The minimum absolute atomic E-state index is 0.787. The Hall–Kier alpha value is -3.06. The van der Waals surface area contributed by atoms with Crippen LogP contribution in [0, 0.1) is 0 Å². The van der Waals surface area contributed by atoms with Gasteiger partial charge < -0.3 is 10.1 Å². The van der Waals surface area contributed by atoms with Gasteiger partial charge in [-0.25, -0.2) is 9.97 Å². The van der Waals surface area contributed by atoms with Crippen LogP contribution in [0.2, 0.25) is 0 Å². The Kier molecular flexibility index (Phi) is 4.45. The quantitative estimate of drug-likeness (QED) is 0.564. The molecule has 130 valence electrons. The van der Waals surface area contributed by atoms with E-state index in [4.69, 9.17) is 9.72 Å². The number of anilines is 2. The van der Waals surface area contributed by atoms with Crippen molar-refractivity contribution in [1.29, 1.82) is 0 Å². The molecule has 0 aromatic carbocycles. The van der Waals surface area contributed by atoms with Crippen LogP contribution in [0.3, 0.4) is 0 Å². The third-order valence-corrected chi connectivity index (χ3v) is 4.83. The largest absolute Gasteiger partial charge is 0.495 e. The zero-order valence-corrected chi connectivity index (χ0v) is 15.2. The molecule has 0 saturated carbocycles. The van der Waals surface area contributed by atoms with E-state index in [0.717, 1.165) is 50.3 Å². The minimum atomic E-state index is 0.787. The number of pyridine rings is 3. The van der Waals surface area contributed by atoms with Gasteiger partial charge in [0, 0.05) is 18.0 Å². The number of hydrogen-bond acceptors (Lipinski definition) is 7. The predicted octanol–water partition coefficient (Wildman–Crippen LogP) is 4.46. The molecule has 4 rings (SSSR count). The summed E-state index contributed by atoms with van der Waals surface area (Å²) in [5.74, 6) is 0.787. The molecular formula is C19H17N5OS. The Morgan fingerprint density at radius 3 is 2.85 bits per heavy atom. The number of hydrogen-bond donors (Lipinski definition) is 1. The second-order valence-electron chi connectivity index (χ2n) is 5.63. The fraction of sp³-hybridized carbons (Fsp3) is 0.158. The smallest absolute Gasteiger partial charge is 0.189 e. The molecule has 1 N–H and O–H groups in total. The van der Waals surface area contributed by atoms with Gasteiger partial charge in [-0.15, -0.1) is 0 Å². The number of rotatable bonds is 5. The first-order chi connectivity index (χ1) is 12.8. The van der Waals surface area contributed by atoms with Crippen molar-refractivity contribution in [2.75, 3.05) is 12.4 Å². The van der Waals surface area contributed by atoms with Crippen molar-refractivity contribution < 1.29 is 4.74 Å². The number of ether oxygens (including phenoxy) is 1. The SMILES string of the molecule is CCc1ncc(-c2ccc3nc(Nc4cccnc4)sc3n2)cc1OC. The Morgan fingerprint density at radius 2 is 2.08 bits per heavy atom. The highest BCUT2D eigenvalue weighted by atomic mass is 32.1. The standard InChI is InChI=1S/C19H17N5OS/c1-3-14-17(25-2)9-12(10-21-14)15-6-7-16-18(23-15)26-19(24-16)22-13-5-4-8-20-11-13/h4-11H,3H2,1-2H3,(H,22,24). The molecule has 4 aromatic heterocycles. The summed E-state index contributed by atoms with van der Waals surface area (Å²) in [5.41, 5.74) is 4.47. The van der Waals surface area contributed by atoms with Crippen molar-refractivity contribution in [3.63, 3.8) is 0 Å². The summed E-state index contributed by atoms with van der Waals surface area (Å²) in [5, 5.41) is 4.05. The predicted molar refractivity (Wildman–Crippen MR) is 104 cm³/mol. The van der Waals surface area contributed by atoms with Gasteiger partial charge in [-0.2, -0.15) is 0 Å². The molecule has 0 unspecified atom stereocenters. The van der Waals surface area contributed by atoms with Crippen LogP contribution < -0.4 is 10.1 Å². The van der Waals surface area contributed by atoms with Gasteiger partial charge in [0.15, 0.2) is 5.13 Å². The van der Waals surface area contributed by atoms with Gasteiger partial charge in [0.05, 0.1) is 30.4 Å². The lowest BCUT2D eigenvalue weighted by atomic mass is 10.1. The maximum atomic E-state index is 5.44. The fourth-order valence-electron chi connectivity index (χ4n) is 2.65. The zero-order valence-electron chi connectivity index (χ0n) is 14.4. The second-order valence-corrected chi connectivity index (χ2v) is 6.61. The molecule has 0 aliphatic heterocycles. The lowest BCUT2D eigenvalue weighted by Crippen LogP contribution is -1.95. The van der Waals surface area contributed by atoms with Gasteiger partial charge >= 0.3 is 0 Å². The third-order valence-electron chi connectivity index (χ3n) is 3.95. The monoisotopic (exact) mass is 363 g/mol. The number of methoxy groups -OCH3 is 1. The first kappa shape index (κ1) is 16.4. The van der Waals surface area contributed by atoms with Crippen molar-refractivity contribution >= 4 is 32.5 Å². The van der Waals surface area contributed by atoms with Crippen LogP contribution in [0.25, 0.3) is 21.6 Å². The van der Waals surface area contributed by atoms with E-state index in [-0.39, 0.29) is 0 Å². The summed E-state index contributed by atoms with van der Waals surface area (Å²) >= 11 is 1.51. The highest BCUT2D eigenvalue weighted by molar-refractivity contribution is 7.21. The Bertz CT molecular complexity index is 1050. The molecule has 0 radical (unpaired) electrons. The maximum absolute atomic E-state index is 5.44. The molecule has 0 aliphatic rings. The first-order valence-corrected chi connectivity index (χ1v) is 9.06. The number of nitrogens with zero attached hydrogens (tertiary/aromatic N) is 4. The van der Waals surface area contributed by atoms with Crippen LogP contribution in [0.1, 0.15) is 12.6 Å². The summed E-state index contributed by atoms with van der Waals surface area (Å²) in [6, 6.07) is 9.74. The highest BCUT2D eigenvalue weighted by Crippen LogP contribution is 2.30. The number of aromatic nitrogens is 4. The molecule has 0 saturated heterocycles. The number of aryl methyl sites for hydroxylation is 1. The van der Waals surface area contributed by atoms with Crippen molar-refractivity contribution in [2.45, 2.75) is 13.3 Å². The Morgan fingerprint density at radius 1 is 1.15 bits per heavy atom. The van der Waals surface area contributed by atoms with Crippen molar-refractivity contribution in [1.82, 2.24) is 19.9 Å². The summed E-state index contributed by atoms with van der Waals surface area (Å²) in [7, 11) is 1.66. The lowest BCUT2D eigenvalue weighted by molar-refractivity contribution is 0.407. The summed E-state index contributed by atoms with van der Waals surface area (Å²) in [6.45, 7) is 2.06. The molecule has 0 atom stereocenters. The van der Waals surface area contributed by atoms with Gasteiger partial charge in [-0.05, 0) is 36.8 Å². The fourth-order valence-corrected chi connectivity index (χ4v) is 3.50. The summed E-state index contributed by atoms with van der Waals surface area (Å²) in [4.78, 5) is 18.8. The van der Waals surface area contributed by atoms with Crippen LogP contribution in [0.15, 0.2) is 48.9 Å².